The maximum atomic E-state index is 12.1. The molecule has 0 radical (unpaired) electrons. The van der Waals surface area contributed by atoms with Crippen LogP contribution in [0, 0.1) is 0 Å². The lowest BCUT2D eigenvalue weighted by Crippen LogP contribution is -2.21. The summed E-state index contributed by atoms with van der Waals surface area (Å²) in [6.07, 6.45) is 1.35. The highest BCUT2D eigenvalue weighted by Crippen LogP contribution is 2.17. The van der Waals surface area contributed by atoms with Gasteiger partial charge in [0.2, 0.25) is 0 Å². The highest BCUT2D eigenvalue weighted by Gasteiger charge is 2.09. The lowest BCUT2D eigenvalue weighted by atomic mass is 10.2. The first-order valence-corrected chi connectivity index (χ1v) is 7.61. The zero-order valence-electron chi connectivity index (χ0n) is 11.9. The van der Waals surface area contributed by atoms with Crippen molar-refractivity contribution in [2.24, 2.45) is 0 Å². The van der Waals surface area contributed by atoms with E-state index in [2.05, 4.69) is 5.10 Å². The van der Waals surface area contributed by atoms with Gasteiger partial charge in [0.25, 0.3) is 5.56 Å². The van der Waals surface area contributed by atoms with Crippen LogP contribution in [0.2, 0.25) is 10.0 Å². The van der Waals surface area contributed by atoms with Gasteiger partial charge in [0, 0.05) is 0 Å². The summed E-state index contributed by atoms with van der Waals surface area (Å²) < 4.78 is 6.91. The van der Waals surface area contributed by atoms with Gasteiger partial charge in [-0.25, -0.2) is 0 Å². The highest BCUT2D eigenvalue weighted by atomic mass is 35.5. The molecule has 0 N–H and O–H groups in total. The van der Waals surface area contributed by atoms with Crippen LogP contribution in [0.25, 0.3) is 5.69 Å². The molecule has 0 saturated carbocycles. The zero-order valence-corrected chi connectivity index (χ0v) is 13.5. The Labute approximate surface area is 142 Å². The van der Waals surface area contributed by atoms with Gasteiger partial charge < -0.3 is 4.74 Å². The van der Waals surface area contributed by atoms with Gasteiger partial charge in [0.05, 0.1) is 16.9 Å². The molecule has 0 fully saturated rings. The van der Waals surface area contributed by atoms with Crippen molar-refractivity contribution in [2.75, 3.05) is 0 Å². The van der Waals surface area contributed by atoms with Crippen molar-refractivity contribution in [3.05, 3.63) is 86.8 Å². The first kappa shape index (κ1) is 15.6. The van der Waals surface area contributed by atoms with Crippen LogP contribution >= 0.6 is 23.2 Å². The number of halogens is 2. The summed E-state index contributed by atoms with van der Waals surface area (Å²) in [7, 11) is 0. The number of rotatable bonds is 4. The lowest BCUT2D eigenvalue weighted by molar-refractivity contribution is 0.306. The minimum absolute atomic E-state index is 0.0485. The van der Waals surface area contributed by atoms with Crippen LogP contribution in [0.4, 0.5) is 0 Å². The van der Waals surface area contributed by atoms with Crippen LogP contribution in [-0.4, -0.2) is 9.78 Å². The van der Waals surface area contributed by atoms with Gasteiger partial charge in [-0.1, -0.05) is 53.5 Å². The SMILES string of the molecule is O=c1c(Cl)c(Cl)cnn1-c1cccc(COc2ccccc2)c1. The Balaban J connectivity index is 1.86. The van der Waals surface area contributed by atoms with Crippen molar-refractivity contribution in [2.45, 2.75) is 6.61 Å². The number of benzene rings is 2. The molecule has 1 heterocycles. The van der Waals surface area contributed by atoms with Crippen LogP contribution in [0.15, 0.2) is 65.6 Å². The molecule has 1 aromatic heterocycles. The molecule has 0 aliphatic carbocycles. The first-order chi connectivity index (χ1) is 11.1. The predicted octanol–water partition coefficient (Wildman–Crippen LogP) is 4.12. The molecule has 0 spiro atoms. The third-order valence-electron chi connectivity index (χ3n) is 3.18. The third-order valence-corrected chi connectivity index (χ3v) is 3.93. The van der Waals surface area contributed by atoms with Crippen molar-refractivity contribution in [1.82, 2.24) is 9.78 Å². The molecule has 0 atom stereocenters. The average molecular weight is 347 g/mol. The molecule has 3 rings (SSSR count). The summed E-state index contributed by atoms with van der Waals surface area (Å²) in [6, 6.07) is 16.8. The van der Waals surface area contributed by atoms with Gasteiger partial charge in [-0.2, -0.15) is 9.78 Å². The Morgan fingerprint density at radius 2 is 1.83 bits per heavy atom. The van der Waals surface area contributed by atoms with Gasteiger partial charge in [0.15, 0.2) is 0 Å². The van der Waals surface area contributed by atoms with E-state index in [1.807, 2.05) is 48.5 Å². The van der Waals surface area contributed by atoms with E-state index >= 15 is 0 Å². The third kappa shape index (κ3) is 3.55. The fourth-order valence-corrected chi connectivity index (χ4v) is 2.31. The highest BCUT2D eigenvalue weighted by molar-refractivity contribution is 6.41. The first-order valence-electron chi connectivity index (χ1n) is 6.85. The van der Waals surface area contributed by atoms with Gasteiger partial charge >= 0.3 is 0 Å². The Kier molecular flexibility index (Phi) is 4.65. The monoisotopic (exact) mass is 346 g/mol. The molecule has 0 amide bonds. The van der Waals surface area contributed by atoms with Gasteiger partial charge in [-0.05, 0) is 29.8 Å². The molecule has 2 aromatic carbocycles. The summed E-state index contributed by atoms with van der Waals surface area (Å²) in [5, 5.41) is 4.10. The minimum atomic E-state index is -0.458. The second-order valence-electron chi connectivity index (χ2n) is 4.80. The van der Waals surface area contributed by atoms with E-state index in [0.29, 0.717) is 12.3 Å². The quantitative estimate of drug-likeness (QED) is 0.713. The topological polar surface area (TPSA) is 44.1 Å². The van der Waals surface area contributed by atoms with Crippen molar-refractivity contribution >= 4 is 23.2 Å². The average Bonchev–Trinajstić information content (AvgIpc) is 2.59. The Morgan fingerprint density at radius 1 is 1.04 bits per heavy atom. The lowest BCUT2D eigenvalue weighted by Gasteiger charge is -2.09. The van der Waals surface area contributed by atoms with Crippen molar-refractivity contribution in [3.63, 3.8) is 0 Å². The van der Waals surface area contributed by atoms with Crippen molar-refractivity contribution < 1.29 is 4.74 Å². The van der Waals surface area contributed by atoms with Gasteiger partial charge in [0.1, 0.15) is 17.4 Å². The fraction of sp³-hybridized carbons (Fsp3) is 0.0588. The summed E-state index contributed by atoms with van der Waals surface area (Å²) in [4.78, 5) is 12.1. The Hall–Kier alpha value is -2.30. The van der Waals surface area contributed by atoms with E-state index in [0.717, 1.165) is 11.3 Å². The minimum Gasteiger partial charge on any atom is -0.489 e. The van der Waals surface area contributed by atoms with Crippen LogP contribution in [0.3, 0.4) is 0 Å². The smallest absolute Gasteiger partial charge is 0.291 e. The molecular formula is C17H12Cl2N2O2. The van der Waals surface area contributed by atoms with Gasteiger partial charge in [-0.15, -0.1) is 0 Å². The molecular weight excluding hydrogens is 335 g/mol. The molecule has 0 bridgehead atoms. The van der Waals surface area contributed by atoms with Crippen LogP contribution in [0.5, 0.6) is 5.75 Å². The molecule has 3 aromatic rings. The molecule has 0 aliphatic heterocycles. The second-order valence-corrected chi connectivity index (χ2v) is 5.58. The normalized spacial score (nSPS) is 10.5. The maximum Gasteiger partial charge on any atom is 0.291 e. The fourth-order valence-electron chi connectivity index (χ4n) is 2.06. The summed E-state index contributed by atoms with van der Waals surface area (Å²) in [6.45, 7) is 0.383. The molecule has 0 aliphatic rings. The number of para-hydroxylation sites is 1. The molecule has 23 heavy (non-hydrogen) atoms. The Morgan fingerprint density at radius 3 is 2.61 bits per heavy atom. The van der Waals surface area contributed by atoms with Crippen LogP contribution in [-0.2, 0) is 6.61 Å². The summed E-state index contributed by atoms with van der Waals surface area (Å²) in [5.41, 5.74) is 1.05. The predicted molar refractivity (Wildman–Crippen MR) is 90.6 cm³/mol. The Bertz CT molecular complexity index is 879. The van der Waals surface area contributed by atoms with E-state index in [-0.39, 0.29) is 10.0 Å². The molecule has 0 unspecified atom stereocenters. The largest absolute Gasteiger partial charge is 0.489 e. The second kappa shape index (κ2) is 6.86. The molecule has 4 nitrogen and oxygen atoms in total. The van der Waals surface area contributed by atoms with E-state index in [9.17, 15) is 4.79 Å². The van der Waals surface area contributed by atoms with E-state index in [1.54, 1.807) is 6.07 Å². The van der Waals surface area contributed by atoms with E-state index in [4.69, 9.17) is 27.9 Å². The molecule has 116 valence electrons. The number of nitrogens with zero attached hydrogens (tertiary/aromatic N) is 2. The van der Waals surface area contributed by atoms with E-state index < -0.39 is 5.56 Å². The van der Waals surface area contributed by atoms with E-state index in [1.165, 1.54) is 10.9 Å². The van der Waals surface area contributed by atoms with Gasteiger partial charge in [-0.3, -0.25) is 4.79 Å². The van der Waals surface area contributed by atoms with Crippen LogP contribution < -0.4 is 10.3 Å². The van der Waals surface area contributed by atoms with Crippen molar-refractivity contribution in [1.29, 1.82) is 0 Å². The number of aromatic nitrogens is 2. The number of hydrogen-bond donors (Lipinski definition) is 0. The number of hydrogen-bond acceptors (Lipinski definition) is 3. The standard InChI is InChI=1S/C17H12Cl2N2O2/c18-15-10-20-21(17(22)16(15)19)13-6-4-5-12(9-13)11-23-14-7-2-1-3-8-14/h1-10H,11H2. The summed E-state index contributed by atoms with van der Waals surface area (Å²) >= 11 is 11.7. The number of ether oxygens (including phenoxy) is 1. The summed E-state index contributed by atoms with van der Waals surface area (Å²) in [5.74, 6) is 0.780. The maximum absolute atomic E-state index is 12.1. The molecule has 6 heteroatoms. The van der Waals surface area contributed by atoms with Crippen molar-refractivity contribution in [3.8, 4) is 11.4 Å². The van der Waals surface area contributed by atoms with Crippen LogP contribution in [0.1, 0.15) is 5.56 Å². The zero-order chi connectivity index (χ0) is 16.2. The molecule has 0 saturated heterocycles.